The number of benzene rings is 4. The molecule has 0 unspecified atom stereocenters. The number of phenols is 1. The van der Waals surface area contributed by atoms with Crippen LogP contribution >= 0.6 is 11.8 Å². The molecule has 0 saturated carbocycles. The molecular formula is C62H82N10O15S. The highest BCUT2D eigenvalue weighted by atomic mass is 32.2. The average molecular weight is 1240 g/mol. The molecule has 4 rings (SSSR count). The number of rotatable bonds is 37. The number of carbonyl (C=O) groups excluding carboxylic acids is 10. The van der Waals surface area contributed by atoms with E-state index in [0.29, 0.717) is 16.9 Å². The third-order valence-electron chi connectivity index (χ3n) is 13.9. The van der Waals surface area contributed by atoms with Crippen molar-refractivity contribution in [3.8, 4) is 5.75 Å². The SMILES string of the molecule is CC(C)C[C@H](NC(=O)[C@@H](NC(=O)CNC(=O)c1ccccc1)C(C)C)C(=O)N[C@@H](CCCCNC(=O)C[C@@H](SCc1cccc2ccccc12)C(=O)O)C(=O)N[C@@H](CCC(=O)O)C(=O)N[C@@H](Cc1ccc(O)cc1)C(=O)NCC(=O)N[C@H](C(N)=O)C(C)C. The molecule has 0 spiro atoms. The van der Waals surface area contributed by atoms with E-state index in [1.54, 1.807) is 71.9 Å². The number of nitrogens with two attached hydrogens (primary N) is 1. The number of hydrogen-bond donors (Lipinski definition) is 13. The lowest BCUT2D eigenvalue weighted by Gasteiger charge is -2.28. The minimum absolute atomic E-state index is 0.00492. The molecule has 0 aliphatic carbocycles. The number of carboxylic acids is 2. The van der Waals surface area contributed by atoms with Crippen molar-refractivity contribution in [3.05, 3.63) is 114 Å². The van der Waals surface area contributed by atoms with E-state index in [0.717, 1.165) is 28.1 Å². The van der Waals surface area contributed by atoms with Crippen molar-refractivity contribution >= 4 is 93.5 Å². The second kappa shape index (κ2) is 36.2. The summed E-state index contributed by atoms with van der Waals surface area (Å²) >= 11 is 1.10. The Morgan fingerprint density at radius 2 is 1.09 bits per heavy atom. The lowest BCUT2D eigenvalue weighted by molar-refractivity contribution is -0.139. The van der Waals surface area contributed by atoms with Crippen LogP contribution in [0.15, 0.2) is 97.1 Å². The zero-order chi connectivity index (χ0) is 65.0. The number of primary amides is 1. The van der Waals surface area contributed by atoms with Crippen LogP contribution in [-0.2, 0) is 64.9 Å². The smallest absolute Gasteiger partial charge is 0.317 e. The molecular weight excluding hydrogens is 1160 g/mol. The number of nitrogens with one attached hydrogen (secondary N) is 9. The van der Waals surface area contributed by atoms with Crippen LogP contribution in [0.2, 0.25) is 0 Å². The number of aliphatic carboxylic acids is 2. The normalized spacial score (nSPS) is 13.5. The van der Waals surface area contributed by atoms with E-state index in [4.69, 9.17) is 5.73 Å². The van der Waals surface area contributed by atoms with Gasteiger partial charge in [-0.05, 0) is 96.0 Å². The van der Waals surface area contributed by atoms with Gasteiger partial charge >= 0.3 is 11.9 Å². The maximum absolute atomic E-state index is 14.6. The summed E-state index contributed by atoms with van der Waals surface area (Å²) in [7, 11) is 0. The standard InChI is InChI=1S/C62H82N10O15S/c1-35(2)29-46(70-61(85)54(37(5)6)72-51(76)32-65-56(80)40-16-8-7-9-17-40)60(84)67-44(21-12-13-28-64-49(74)31-48(62(86)87)88-34-41-19-14-18-39-15-10-11-20-43(39)41)58(82)68-45(26-27-52(77)78)59(83)69-47(30-38-22-24-42(73)25-23-38)57(81)66-33-50(75)71-53(36(3)4)55(63)79/h7-11,14-20,22-25,35-37,44-48,53-54,73H,12-13,21,26-34H2,1-6H3,(H2,63,79)(H,64,74)(H,65,80)(H,66,81)(H,67,84)(H,68,82)(H,69,83)(H,70,85)(H,71,75)(H,72,76)(H,77,78)(H,86,87)/t44-,45-,46-,47-,48+,53-,54-/m0/s1. The Morgan fingerprint density at radius 3 is 1.69 bits per heavy atom. The maximum Gasteiger partial charge on any atom is 0.317 e. The van der Waals surface area contributed by atoms with Crippen molar-refractivity contribution in [2.24, 2.45) is 23.5 Å². The lowest BCUT2D eigenvalue weighted by atomic mass is 9.99. The third-order valence-corrected chi connectivity index (χ3v) is 15.1. The van der Waals surface area contributed by atoms with E-state index in [2.05, 4.69) is 47.9 Å². The molecule has 0 bridgehead atoms. The number of fused-ring (bicyclic) bond motifs is 1. The van der Waals surface area contributed by atoms with Gasteiger partial charge in [-0.3, -0.25) is 57.5 Å². The number of phenolic OH excluding ortho intramolecular Hbond substituents is 1. The monoisotopic (exact) mass is 1240 g/mol. The molecule has 0 heterocycles. The van der Waals surface area contributed by atoms with Gasteiger partial charge in [0.05, 0.1) is 13.1 Å². The van der Waals surface area contributed by atoms with Crippen molar-refractivity contribution in [1.29, 1.82) is 0 Å². The quantitative estimate of drug-likeness (QED) is 0.0288. The number of carbonyl (C=O) groups is 12. The van der Waals surface area contributed by atoms with E-state index in [1.807, 2.05) is 42.5 Å². The van der Waals surface area contributed by atoms with Crippen LogP contribution in [-0.4, -0.2) is 147 Å². The van der Waals surface area contributed by atoms with Gasteiger partial charge in [0, 0.05) is 37.1 Å². The first-order valence-corrected chi connectivity index (χ1v) is 30.1. The minimum atomic E-state index is -1.69. The molecule has 88 heavy (non-hydrogen) atoms. The van der Waals surface area contributed by atoms with Crippen LogP contribution in [0.25, 0.3) is 10.8 Å². The van der Waals surface area contributed by atoms with Crippen molar-refractivity contribution < 1.29 is 72.9 Å². The zero-order valence-corrected chi connectivity index (χ0v) is 51.0. The predicted octanol–water partition coefficient (Wildman–Crippen LogP) is 2.31. The highest BCUT2D eigenvalue weighted by Gasteiger charge is 2.35. The number of amides is 10. The summed E-state index contributed by atoms with van der Waals surface area (Å²) < 4.78 is 0. The summed E-state index contributed by atoms with van der Waals surface area (Å²) in [6.07, 6.45) is -1.71. The van der Waals surface area contributed by atoms with Crippen molar-refractivity contribution in [2.45, 2.75) is 140 Å². The molecule has 26 heteroatoms. The number of aromatic hydroxyl groups is 1. The van der Waals surface area contributed by atoms with Crippen LogP contribution < -0.4 is 53.6 Å². The number of thioether (sulfide) groups is 1. The number of hydrogen-bond acceptors (Lipinski definition) is 14. The van der Waals surface area contributed by atoms with Crippen LogP contribution in [0.3, 0.4) is 0 Å². The third kappa shape index (κ3) is 24.7. The molecule has 0 saturated heterocycles. The maximum atomic E-state index is 14.6. The van der Waals surface area contributed by atoms with Gasteiger partial charge in [-0.2, -0.15) is 0 Å². The Kier molecular flexibility index (Phi) is 29.3. The predicted molar refractivity (Wildman–Crippen MR) is 329 cm³/mol. The molecule has 14 N–H and O–H groups in total. The van der Waals surface area contributed by atoms with E-state index < -0.39 is 150 Å². The van der Waals surface area contributed by atoms with Crippen LogP contribution in [0, 0.1) is 17.8 Å². The fraction of sp³-hybridized carbons (Fsp3) is 0.452. The Balaban J connectivity index is 1.57. The minimum Gasteiger partial charge on any atom is -0.508 e. The Morgan fingerprint density at radius 1 is 0.534 bits per heavy atom. The molecule has 7 atom stereocenters. The van der Waals surface area contributed by atoms with Gasteiger partial charge in [-0.15, -0.1) is 11.8 Å². The first kappa shape index (κ1) is 71.4. The highest BCUT2D eigenvalue weighted by molar-refractivity contribution is 7.99. The first-order valence-electron chi connectivity index (χ1n) is 29.0. The van der Waals surface area contributed by atoms with Gasteiger partial charge in [-0.25, -0.2) is 0 Å². The number of carboxylic acid groups (broad SMARTS) is 2. The molecule has 4 aromatic carbocycles. The second-order valence-electron chi connectivity index (χ2n) is 22.3. The Labute approximate surface area is 515 Å². The van der Waals surface area contributed by atoms with Gasteiger partial charge in [-0.1, -0.05) is 114 Å². The average Bonchev–Trinajstić information content (AvgIpc) is 1.78. The topological polar surface area (TPSA) is 400 Å². The van der Waals surface area contributed by atoms with Crippen molar-refractivity contribution in [2.75, 3.05) is 19.6 Å². The van der Waals surface area contributed by atoms with Gasteiger partial charge < -0.3 is 68.9 Å². The summed E-state index contributed by atoms with van der Waals surface area (Å²) in [5, 5.41) is 53.7. The van der Waals surface area contributed by atoms with Gasteiger partial charge in [0.15, 0.2) is 0 Å². The highest BCUT2D eigenvalue weighted by Crippen LogP contribution is 2.27. The van der Waals surface area contributed by atoms with Gasteiger partial charge in [0.25, 0.3) is 5.91 Å². The molecule has 476 valence electrons. The van der Waals surface area contributed by atoms with Gasteiger partial charge in [0.2, 0.25) is 53.2 Å². The molecule has 0 fully saturated rings. The van der Waals surface area contributed by atoms with Crippen LogP contribution in [0.1, 0.15) is 108 Å². The summed E-state index contributed by atoms with van der Waals surface area (Å²) in [5.41, 5.74) is 7.05. The summed E-state index contributed by atoms with van der Waals surface area (Å²) in [5.74, 6) is -11.5. The van der Waals surface area contributed by atoms with E-state index in [-0.39, 0.29) is 56.7 Å². The second-order valence-corrected chi connectivity index (χ2v) is 23.4. The van der Waals surface area contributed by atoms with E-state index in [9.17, 15) is 72.9 Å². The molecule has 25 nitrogen and oxygen atoms in total. The summed E-state index contributed by atoms with van der Waals surface area (Å²) in [4.78, 5) is 159. The molecule has 0 aliphatic heterocycles. The fourth-order valence-electron chi connectivity index (χ4n) is 9.12. The van der Waals surface area contributed by atoms with Crippen molar-refractivity contribution in [3.63, 3.8) is 0 Å². The van der Waals surface area contributed by atoms with Crippen LogP contribution in [0.4, 0.5) is 0 Å². The Hall–Kier alpha value is -9.07. The molecule has 0 aromatic heterocycles. The summed E-state index contributed by atoms with van der Waals surface area (Å²) in [6, 6.07) is 18.7. The zero-order valence-electron chi connectivity index (χ0n) is 50.2. The fourth-order valence-corrected chi connectivity index (χ4v) is 10.2. The van der Waals surface area contributed by atoms with Gasteiger partial charge in [0.1, 0.15) is 47.3 Å². The number of unbranched alkanes of at least 4 members (excludes halogenated alkanes) is 1. The largest absolute Gasteiger partial charge is 0.508 e. The van der Waals surface area contributed by atoms with Crippen LogP contribution in [0.5, 0.6) is 5.75 Å². The van der Waals surface area contributed by atoms with E-state index >= 15 is 0 Å². The molecule has 0 radical (unpaired) electrons. The molecule has 0 aliphatic rings. The molecule has 4 aromatic rings. The Bertz CT molecular complexity index is 3070. The summed E-state index contributed by atoms with van der Waals surface area (Å²) in [6.45, 7) is 8.98. The van der Waals surface area contributed by atoms with E-state index in [1.165, 1.54) is 24.3 Å². The van der Waals surface area contributed by atoms with Crippen molar-refractivity contribution in [1.82, 2.24) is 47.9 Å². The lowest BCUT2D eigenvalue weighted by Crippen LogP contribution is -2.60. The molecule has 10 amide bonds. The first-order chi connectivity index (χ1) is 41.7.